The van der Waals surface area contributed by atoms with Gasteiger partial charge in [0.05, 0.1) is 18.6 Å². The van der Waals surface area contributed by atoms with E-state index in [1.54, 1.807) is 42.5 Å². The lowest BCUT2D eigenvalue weighted by molar-refractivity contribution is 0.310. The molecule has 0 unspecified atom stereocenters. The van der Waals surface area contributed by atoms with E-state index < -0.39 is 9.84 Å². The van der Waals surface area contributed by atoms with Gasteiger partial charge >= 0.3 is 0 Å². The van der Waals surface area contributed by atoms with E-state index in [0.29, 0.717) is 23.7 Å². The van der Waals surface area contributed by atoms with E-state index in [1.165, 1.54) is 25.3 Å². The summed E-state index contributed by atoms with van der Waals surface area (Å²) in [6, 6.07) is 14.7. The van der Waals surface area contributed by atoms with Crippen LogP contribution in [0.3, 0.4) is 0 Å². The van der Waals surface area contributed by atoms with Gasteiger partial charge < -0.3 is 9.47 Å². The lowest BCUT2D eigenvalue weighted by atomic mass is 10.1. The van der Waals surface area contributed by atoms with E-state index in [-0.39, 0.29) is 9.80 Å². The van der Waals surface area contributed by atoms with Gasteiger partial charge in [-0.15, -0.1) is 0 Å². The number of hydrogen-bond acceptors (Lipinski definition) is 5. The van der Waals surface area contributed by atoms with Crippen LogP contribution < -0.4 is 9.47 Å². The Morgan fingerprint density at radius 2 is 1.88 bits per heavy atom. The van der Waals surface area contributed by atoms with Crippen molar-refractivity contribution in [3.05, 3.63) is 59.0 Å². The maximum Gasteiger partial charge on any atom is 0.216 e. The predicted octanol–water partition coefficient (Wildman–Crippen LogP) is 3.43. The minimum Gasteiger partial charge on any atom is -0.493 e. The molecule has 0 saturated carbocycles. The molecule has 0 amide bonds. The molecule has 0 N–H and O–H groups in total. The standard InChI is InChI=1S/C18H17NO4S/c1-3-23-18-14(8-7-11-17(18)22-2)12-16(13-19)24(20,21)15-9-5-4-6-10-15/h4-12H,3H2,1-2H3/b16-12+. The van der Waals surface area contributed by atoms with Gasteiger partial charge in [0.15, 0.2) is 11.5 Å². The number of para-hydroxylation sites is 1. The molecule has 0 aliphatic heterocycles. The van der Waals surface area contributed by atoms with E-state index in [4.69, 9.17) is 9.47 Å². The number of ether oxygens (including phenoxy) is 2. The minimum absolute atomic E-state index is 0.0682. The maximum absolute atomic E-state index is 12.6. The number of hydrogen-bond donors (Lipinski definition) is 0. The van der Waals surface area contributed by atoms with E-state index in [2.05, 4.69) is 0 Å². The van der Waals surface area contributed by atoms with Gasteiger partial charge in [0.1, 0.15) is 11.0 Å². The zero-order chi connectivity index (χ0) is 17.6. The average Bonchev–Trinajstić information content (AvgIpc) is 2.61. The Balaban J connectivity index is 2.59. The molecule has 2 aromatic rings. The van der Waals surface area contributed by atoms with Crippen molar-refractivity contribution in [3.63, 3.8) is 0 Å². The molecule has 2 rings (SSSR count). The van der Waals surface area contributed by atoms with Crippen LogP contribution in [-0.4, -0.2) is 22.1 Å². The molecule has 6 heteroatoms. The fraction of sp³-hybridized carbons (Fsp3) is 0.167. The van der Waals surface area contributed by atoms with E-state index in [1.807, 2.05) is 6.92 Å². The minimum atomic E-state index is -3.90. The Morgan fingerprint density at radius 1 is 1.17 bits per heavy atom. The Kier molecular flexibility index (Phi) is 5.61. The third-order valence-electron chi connectivity index (χ3n) is 3.26. The van der Waals surface area contributed by atoms with Gasteiger partial charge in [-0.3, -0.25) is 0 Å². The summed E-state index contributed by atoms with van der Waals surface area (Å²) in [5.41, 5.74) is 0.465. The Hall–Kier alpha value is -2.78. The molecule has 2 aromatic carbocycles. The van der Waals surface area contributed by atoms with Crippen LogP contribution in [0.5, 0.6) is 11.5 Å². The summed E-state index contributed by atoms with van der Waals surface area (Å²) in [7, 11) is -2.40. The second-order valence-electron chi connectivity index (χ2n) is 4.75. The Labute approximate surface area is 141 Å². The maximum atomic E-state index is 12.6. The molecular formula is C18H17NO4S. The zero-order valence-electron chi connectivity index (χ0n) is 13.4. The zero-order valence-corrected chi connectivity index (χ0v) is 14.2. The average molecular weight is 343 g/mol. The van der Waals surface area contributed by atoms with E-state index in [0.717, 1.165) is 0 Å². The molecule has 0 aliphatic rings. The van der Waals surface area contributed by atoms with Gasteiger partial charge in [0.25, 0.3) is 0 Å². The summed E-state index contributed by atoms with van der Waals surface area (Å²) in [6.45, 7) is 2.19. The third kappa shape index (κ3) is 3.58. The topological polar surface area (TPSA) is 76.4 Å². The second kappa shape index (κ2) is 7.66. The van der Waals surface area contributed by atoms with Crippen molar-refractivity contribution < 1.29 is 17.9 Å². The third-order valence-corrected chi connectivity index (χ3v) is 4.94. The summed E-state index contributed by atoms with van der Waals surface area (Å²) >= 11 is 0. The number of nitriles is 1. The molecule has 0 heterocycles. The predicted molar refractivity (Wildman–Crippen MR) is 91.4 cm³/mol. The summed E-state index contributed by atoms with van der Waals surface area (Å²) in [4.78, 5) is -0.290. The molecule has 0 aliphatic carbocycles. The molecule has 5 nitrogen and oxygen atoms in total. The van der Waals surface area contributed by atoms with Gasteiger partial charge in [-0.1, -0.05) is 30.3 Å². The first-order valence-electron chi connectivity index (χ1n) is 7.26. The summed E-state index contributed by atoms with van der Waals surface area (Å²) < 4.78 is 36.0. The van der Waals surface area contributed by atoms with E-state index in [9.17, 15) is 13.7 Å². The van der Waals surface area contributed by atoms with Gasteiger partial charge in [-0.25, -0.2) is 8.42 Å². The van der Waals surface area contributed by atoms with Crippen LogP contribution >= 0.6 is 0 Å². The molecule has 0 saturated heterocycles. The van der Waals surface area contributed by atoms with Gasteiger partial charge in [0, 0.05) is 5.56 Å². The van der Waals surface area contributed by atoms with Crippen LogP contribution in [0.2, 0.25) is 0 Å². The molecule has 124 valence electrons. The van der Waals surface area contributed by atoms with Crippen LogP contribution in [0.15, 0.2) is 58.3 Å². The molecule has 0 fully saturated rings. The first-order valence-corrected chi connectivity index (χ1v) is 8.74. The summed E-state index contributed by atoms with van der Waals surface area (Å²) in [5, 5.41) is 9.36. The number of rotatable bonds is 6. The molecular weight excluding hydrogens is 326 g/mol. The largest absolute Gasteiger partial charge is 0.493 e. The number of benzene rings is 2. The van der Waals surface area contributed by atoms with Crippen molar-refractivity contribution in [2.75, 3.05) is 13.7 Å². The van der Waals surface area contributed by atoms with Gasteiger partial charge in [0.2, 0.25) is 9.84 Å². The van der Waals surface area contributed by atoms with Crippen molar-refractivity contribution in [3.8, 4) is 17.6 Å². The van der Waals surface area contributed by atoms with Crippen LogP contribution in [0.25, 0.3) is 6.08 Å². The van der Waals surface area contributed by atoms with Crippen molar-refractivity contribution in [2.45, 2.75) is 11.8 Å². The fourth-order valence-corrected chi connectivity index (χ4v) is 3.32. The second-order valence-corrected chi connectivity index (χ2v) is 6.67. The lowest BCUT2D eigenvalue weighted by Gasteiger charge is -2.12. The molecule has 24 heavy (non-hydrogen) atoms. The van der Waals surface area contributed by atoms with Crippen molar-refractivity contribution in [1.29, 1.82) is 5.26 Å². The molecule has 0 aromatic heterocycles. The Bertz CT molecular complexity index is 881. The van der Waals surface area contributed by atoms with Crippen LogP contribution in [0.1, 0.15) is 12.5 Å². The highest BCUT2D eigenvalue weighted by atomic mass is 32.2. The van der Waals surface area contributed by atoms with Crippen molar-refractivity contribution in [2.24, 2.45) is 0 Å². The van der Waals surface area contributed by atoms with Crippen molar-refractivity contribution >= 4 is 15.9 Å². The Morgan fingerprint density at radius 3 is 2.46 bits per heavy atom. The van der Waals surface area contributed by atoms with Crippen LogP contribution in [0, 0.1) is 11.3 Å². The highest BCUT2D eigenvalue weighted by Crippen LogP contribution is 2.33. The summed E-state index contributed by atoms with van der Waals surface area (Å²) in [6.07, 6.45) is 1.30. The summed E-state index contributed by atoms with van der Waals surface area (Å²) in [5.74, 6) is 0.874. The smallest absolute Gasteiger partial charge is 0.216 e. The number of allylic oxidation sites excluding steroid dienone is 1. The fourth-order valence-electron chi connectivity index (χ4n) is 2.14. The SMILES string of the molecule is CCOc1c(/C=C(\C#N)S(=O)(=O)c2ccccc2)cccc1OC. The molecule has 0 radical (unpaired) electrons. The number of nitrogens with zero attached hydrogens (tertiary/aromatic N) is 1. The monoisotopic (exact) mass is 343 g/mol. The quantitative estimate of drug-likeness (QED) is 0.751. The van der Waals surface area contributed by atoms with Crippen LogP contribution in [-0.2, 0) is 9.84 Å². The van der Waals surface area contributed by atoms with Crippen molar-refractivity contribution in [1.82, 2.24) is 0 Å². The molecule has 0 atom stereocenters. The van der Waals surface area contributed by atoms with Gasteiger partial charge in [-0.2, -0.15) is 5.26 Å². The lowest BCUT2D eigenvalue weighted by Crippen LogP contribution is -2.04. The number of sulfone groups is 1. The first-order chi connectivity index (χ1) is 11.5. The highest BCUT2D eigenvalue weighted by Gasteiger charge is 2.21. The molecule has 0 spiro atoms. The first kappa shape index (κ1) is 17.6. The van der Waals surface area contributed by atoms with Crippen LogP contribution in [0.4, 0.5) is 0 Å². The van der Waals surface area contributed by atoms with E-state index >= 15 is 0 Å². The van der Waals surface area contributed by atoms with Gasteiger partial charge in [-0.05, 0) is 31.2 Å². The highest BCUT2D eigenvalue weighted by molar-refractivity contribution is 7.95. The number of methoxy groups -OCH3 is 1. The molecule has 0 bridgehead atoms. The normalized spacial score (nSPS) is 11.6.